The number of nitrogens with zero attached hydrogens (tertiary/aromatic N) is 2. The Kier molecular flexibility index (Phi) is 3.97. The predicted molar refractivity (Wildman–Crippen MR) is 118 cm³/mol. The summed E-state index contributed by atoms with van der Waals surface area (Å²) in [7, 11) is -5.01. The SMILES string of the molecule is [2H]C([2H])([2H])OC([2H])([2H])COc1cc2c(Nc3ccc(OC)c(C#C)c3)ncnc2cc1OC([2H])([2H])C([2H])([2H])OC([2H])([2H])[2H]. The summed E-state index contributed by atoms with van der Waals surface area (Å²) in [6.45, 7) is -10.9. The van der Waals surface area contributed by atoms with Crippen molar-refractivity contribution in [3.63, 3.8) is 0 Å². The molecule has 162 valence electrons. The molecule has 31 heavy (non-hydrogen) atoms. The molecule has 0 fully saturated rings. The number of aromatic nitrogens is 2. The minimum atomic E-state index is -3.52. The average Bonchev–Trinajstić information content (AvgIpc) is 2.84. The van der Waals surface area contributed by atoms with Gasteiger partial charge in [-0.15, -0.1) is 6.42 Å². The maximum Gasteiger partial charge on any atom is 0.163 e. The number of rotatable bonds is 11. The third-order valence-electron chi connectivity index (χ3n) is 3.93. The van der Waals surface area contributed by atoms with Gasteiger partial charge in [-0.25, -0.2) is 9.97 Å². The Morgan fingerprint density at radius 2 is 1.87 bits per heavy atom. The second-order valence-corrected chi connectivity index (χ2v) is 5.67. The van der Waals surface area contributed by atoms with Crippen molar-refractivity contribution in [3.8, 4) is 29.6 Å². The molecule has 0 aliphatic heterocycles. The molecule has 0 atom stereocenters. The number of benzene rings is 2. The average molecular weight is 436 g/mol. The molecular formula is C23H25N3O5. The van der Waals surface area contributed by atoms with Gasteiger partial charge in [0.15, 0.2) is 11.5 Å². The molecule has 1 heterocycles. The Morgan fingerprint density at radius 3 is 2.68 bits per heavy atom. The molecule has 0 bridgehead atoms. The van der Waals surface area contributed by atoms with Crippen molar-refractivity contribution in [1.29, 1.82) is 0 Å². The van der Waals surface area contributed by atoms with Crippen molar-refractivity contribution in [1.82, 2.24) is 9.97 Å². The molecule has 0 saturated heterocycles. The van der Waals surface area contributed by atoms with E-state index in [2.05, 4.69) is 30.7 Å². The quantitative estimate of drug-likeness (QED) is 0.459. The molecule has 8 nitrogen and oxygen atoms in total. The Morgan fingerprint density at radius 1 is 1.03 bits per heavy atom. The molecule has 0 spiro atoms. The first-order valence-electron chi connectivity index (χ1n) is 14.6. The summed E-state index contributed by atoms with van der Waals surface area (Å²) < 4.78 is 115. The van der Waals surface area contributed by atoms with Crippen molar-refractivity contribution >= 4 is 22.4 Å². The van der Waals surface area contributed by atoms with Crippen LogP contribution in [0.5, 0.6) is 17.2 Å². The van der Waals surface area contributed by atoms with E-state index in [1.165, 1.54) is 13.2 Å². The number of terminal acetylenes is 1. The van der Waals surface area contributed by atoms with Gasteiger partial charge in [-0.05, 0) is 24.3 Å². The zero-order valence-electron chi connectivity index (χ0n) is 28.2. The predicted octanol–water partition coefficient (Wildman–Crippen LogP) is 3.41. The van der Waals surface area contributed by atoms with Crippen molar-refractivity contribution in [2.24, 2.45) is 0 Å². The van der Waals surface area contributed by atoms with Crippen molar-refractivity contribution in [3.05, 3.63) is 42.2 Å². The van der Waals surface area contributed by atoms with E-state index in [1.807, 2.05) is 0 Å². The number of fused-ring (bicyclic) bond motifs is 1. The number of nitrogens with one attached hydrogen (secondary N) is 1. The lowest BCUT2D eigenvalue weighted by atomic mass is 10.1. The topological polar surface area (TPSA) is 84.0 Å². The van der Waals surface area contributed by atoms with Gasteiger partial charge in [0.2, 0.25) is 0 Å². The summed E-state index contributed by atoms with van der Waals surface area (Å²) in [6, 6.07) is 7.16. The van der Waals surface area contributed by atoms with E-state index < -0.39 is 51.9 Å². The highest BCUT2D eigenvalue weighted by Crippen LogP contribution is 2.35. The first-order valence-corrected chi connectivity index (χ1v) is 8.58. The summed E-state index contributed by atoms with van der Waals surface area (Å²) in [5.41, 5.74) is 1.00. The van der Waals surface area contributed by atoms with Crippen LogP contribution < -0.4 is 19.5 Å². The van der Waals surface area contributed by atoms with Gasteiger partial charge in [0.25, 0.3) is 0 Å². The van der Waals surface area contributed by atoms with Gasteiger partial charge in [-0.2, -0.15) is 0 Å². The number of hydrogen-bond acceptors (Lipinski definition) is 8. The van der Waals surface area contributed by atoms with Crippen molar-refractivity contribution < 1.29 is 40.1 Å². The smallest absolute Gasteiger partial charge is 0.163 e. The summed E-state index contributed by atoms with van der Waals surface area (Å²) in [6.07, 6.45) is 6.70. The molecule has 3 rings (SSSR count). The van der Waals surface area contributed by atoms with Gasteiger partial charge in [0.05, 0.1) is 47.8 Å². The molecule has 0 unspecified atom stereocenters. The Hall–Kier alpha value is -3.54. The fourth-order valence-corrected chi connectivity index (χ4v) is 2.62. The fourth-order valence-electron chi connectivity index (χ4n) is 2.62. The van der Waals surface area contributed by atoms with E-state index in [-0.39, 0.29) is 16.7 Å². The minimum Gasteiger partial charge on any atom is -0.495 e. The molecule has 3 aromatic rings. The highest BCUT2D eigenvalue weighted by atomic mass is 16.5. The Bertz CT molecular complexity index is 1510. The monoisotopic (exact) mass is 435 g/mol. The number of hydrogen-bond donors (Lipinski definition) is 1. The lowest BCUT2D eigenvalue weighted by Crippen LogP contribution is -2.09. The Balaban J connectivity index is 2.09. The molecule has 1 aromatic heterocycles. The van der Waals surface area contributed by atoms with Crippen molar-refractivity contribution in [2.75, 3.05) is 52.8 Å². The van der Waals surface area contributed by atoms with Crippen LogP contribution in [-0.4, -0.2) is 57.4 Å². The Labute approximate surface area is 198 Å². The molecule has 8 heteroatoms. The van der Waals surface area contributed by atoms with Crippen LogP contribution in [0.15, 0.2) is 36.7 Å². The second kappa shape index (κ2) is 11.0. The van der Waals surface area contributed by atoms with Crippen LogP contribution in [0.25, 0.3) is 10.9 Å². The fraction of sp³-hybridized carbons (Fsp3) is 0.304. The molecule has 0 radical (unpaired) electrons. The van der Waals surface area contributed by atoms with E-state index in [4.69, 9.17) is 37.1 Å². The van der Waals surface area contributed by atoms with E-state index in [1.54, 1.807) is 18.2 Å². The van der Waals surface area contributed by atoms with Crippen LogP contribution in [0.1, 0.15) is 22.0 Å². The second-order valence-electron chi connectivity index (χ2n) is 5.67. The normalized spacial score (nSPS) is 18.5. The van der Waals surface area contributed by atoms with Crippen molar-refractivity contribution in [2.45, 2.75) is 0 Å². The maximum atomic E-state index is 8.08. The zero-order chi connectivity index (χ0) is 32.4. The summed E-state index contributed by atoms with van der Waals surface area (Å²) in [5, 5.41) is 3.24. The highest BCUT2D eigenvalue weighted by Gasteiger charge is 2.13. The van der Waals surface area contributed by atoms with Gasteiger partial charge >= 0.3 is 0 Å². The summed E-state index contributed by atoms with van der Waals surface area (Å²) in [4.78, 5) is 8.30. The highest BCUT2D eigenvalue weighted by molar-refractivity contribution is 5.93. The number of ether oxygens (including phenoxy) is 5. The molecule has 2 aromatic carbocycles. The van der Waals surface area contributed by atoms with Crippen LogP contribution in [0.4, 0.5) is 11.5 Å². The summed E-state index contributed by atoms with van der Waals surface area (Å²) in [5.74, 6) is 2.10. The van der Waals surface area contributed by atoms with E-state index >= 15 is 0 Å². The van der Waals surface area contributed by atoms with Crippen LogP contribution >= 0.6 is 0 Å². The molecule has 1 N–H and O–H groups in total. The molecule has 0 saturated carbocycles. The lowest BCUT2D eigenvalue weighted by Gasteiger charge is -2.15. The first-order chi connectivity index (χ1) is 19.7. The largest absolute Gasteiger partial charge is 0.495 e. The molecule has 0 aliphatic rings. The third-order valence-corrected chi connectivity index (χ3v) is 3.93. The number of methoxy groups -OCH3 is 3. The van der Waals surface area contributed by atoms with Crippen LogP contribution in [0.3, 0.4) is 0 Å². The zero-order valence-corrected chi connectivity index (χ0v) is 16.2. The standard InChI is InChI=1S/C23H25N3O5/c1-5-16-12-17(6-7-20(16)29-4)26-23-18-13-21(30-10-8-27-2)22(31-11-9-28-3)14-19(18)24-15-25-23/h1,6-7,12-15H,8-11H2,2-4H3,(H,24,25,26)/i2D3,3D3,8D2,9D2,11D2. The van der Waals surface area contributed by atoms with Gasteiger partial charge in [0, 0.05) is 31.2 Å². The van der Waals surface area contributed by atoms with E-state index in [0.717, 1.165) is 12.4 Å². The van der Waals surface area contributed by atoms with Gasteiger partial charge in [-0.1, -0.05) is 5.92 Å². The lowest BCUT2D eigenvalue weighted by molar-refractivity contribution is 0.132. The van der Waals surface area contributed by atoms with Crippen LogP contribution in [0.2, 0.25) is 0 Å². The van der Waals surface area contributed by atoms with Gasteiger partial charge < -0.3 is 29.0 Å². The third kappa shape index (κ3) is 5.54. The van der Waals surface area contributed by atoms with E-state index in [9.17, 15) is 0 Å². The van der Waals surface area contributed by atoms with Crippen LogP contribution in [0, 0.1) is 12.3 Å². The van der Waals surface area contributed by atoms with Crippen LogP contribution in [-0.2, 0) is 9.47 Å². The molecule has 0 aliphatic carbocycles. The van der Waals surface area contributed by atoms with Gasteiger partial charge in [0.1, 0.15) is 31.1 Å². The molecular weight excluding hydrogens is 398 g/mol. The van der Waals surface area contributed by atoms with E-state index in [0.29, 0.717) is 17.0 Å². The first kappa shape index (κ1) is 11.2. The summed E-state index contributed by atoms with van der Waals surface area (Å²) >= 11 is 0. The van der Waals surface area contributed by atoms with Gasteiger partial charge in [-0.3, -0.25) is 0 Å². The maximum absolute atomic E-state index is 8.08. The molecule has 0 amide bonds. The minimum absolute atomic E-state index is 0.0976. The number of anilines is 2.